The summed E-state index contributed by atoms with van der Waals surface area (Å²) < 4.78 is 33.4. The van der Waals surface area contributed by atoms with Gasteiger partial charge in [0.1, 0.15) is 6.10 Å². The van der Waals surface area contributed by atoms with Crippen LogP contribution in [0.1, 0.15) is 194 Å². The van der Waals surface area contributed by atoms with Crippen LogP contribution < -0.4 is 5.73 Å². The minimum atomic E-state index is -4.27. The first-order valence-corrected chi connectivity index (χ1v) is 23.6. The first-order valence-electron chi connectivity index (χ1n) is 22.1. The van der Waals surface area contributed by atoms with Crippen LogP contribution in [-0.2, 0) is 27.9 Å². The molecular weight excluding hydrogens is 697 g/mol. The van der Waals surface area contributed by atoms with Crippen LogP contribution >= 0.6 is 7.82 Å². The van der Waals surface area contributed by atoms with Gasteiger partial charge in [-0.2, -0.15) is 0 Å². The molecule has 0 aliphatic carbocycles. The van der Waals surface area contributed by atoms with E-state index in [0.29, 0.717) is 13.0 Å². The summed E-state index contributed by atoms with van der Waals surface area (Å²) in [7, 11) is -4.27. The van der Waals surface area contributed by atoms with E-state index in [1.165, 1.54) is 116 Å². The first kappa shape index (κ1) is 52.5. The zero-order valence-electron chi connectivity index (χ0n) is 35.0. The topological polar surface area (TPSA) is 117 Å². The van der Waals surface area contributed by atoms with Gasteiger partial charge < -0.3 is 20.1 Å². The van der Waals surface area contributed by atoms with Gasteiger partial charge in [-0.15, -0.1) is 0 Å². The highest BCUT2D eigenvalue weighted by molar-refractivity contribution is 7.47. The standard InChI is InChI=1S/C45H84NO7P/c1-3-5-7-9-11-13-15-17-18-19-20-21-22-23-24-25-26-27-28-30-32-34-36-38-45(47)53-44(43-52-54(48,49)51-41-39-46)42-50-40-37-35-33-31-29-16-14-12-10-8-6-4-2/h5,7,11,13,17-18,20-21,44H,3-4,6,8-10,12,14-16,19,22-43,46H2,1-2H3,(H,48,49)/b7-5-,13-11-,18-17-,21-20-. The number of rotatable bonds is 42. The van der Waals surface area contributed by atoms with E-state index in [4.69, 9.17) is 24.3 Å². The second kappa shape index (κ2) is 42.6. The number of hydrogen-bond acceptors (Lipinski definition) is 7. The maximum atomic E-state index is 12.6. The second-order valence-corrected chi connectivity index (χ2v) is 16.0. The molecule has 0 saturated carbocycles. The van der Waals surface area contributed by atoms with Crippen LogP contribution in [0.5, 0.6) is 0 Å². The predicted octanol–water partition coefficient (Wildman–Crippen LogP) is 13.2. The lowest BCUT2D eigenvalue weighted by molar-refractivity contribution is -0.154. The summed E-state index contributed by atoms with van der Waals surface area (Å²) >= 11 is 0. The summed E-state index contributed by atoms with van der Waals surface area (Å²) in [5, 5.41) is 0. The second-order valence-electron chi connectivity index (χ2n) is 14.5. The van der Waals surface area contributed by atoms with E-state index in [0.717, 1.165) is 57.8 Å². The Bertz CT molecular complexity index is 968. The summed E-state index contributed by atoms with van der Waals surface area (Å²) in [6.45, 7) is 4.82. The molecule has 0 fully saturated rings. The quantitative estimate of drug-likeness (QED) is 0.0272. The van der Waals surface area contributed by atoms with Gasteiger partial charge >= 0.3 is 13.8 Å². The molecule has 0 amide bonds. The molecule has 316 valence electrons. The van der Waals surface area contributed by atoms with Gasteiger partial charge in [0, 0.05) is 19.6 Å². The van der Waals surface area contributed by atoms with Crippen molar-refractivity contribution in [2.75, 3.05) is 33.0 Å². The van der Waals surface area contributed by atoms with Crippen LogP contribution in [0.25, 0.3) is 0 Å². The van der Waals surface area contributed by atoms with Crippen molar-refractivity contribution < 1.29 is 32.8 Å². The molecule has 0 aromatic rings. The Kier molecular flexibility index (Phi) is 41.4. The Balaban J connectivity index is 3.97. The van der Waals surface area contributed by atoms with E-state index >= 15 is 0 Å². The molecule has 0 aromatic heterocycles. The fourth-order valence-corrected chi connectivity index (χ4v) is 6.81. The Hall–Kier alpha value is -1.54. The average molecular weight is 782 g/mol. The van der Waals surface area contributed by atoms with Crippen LogP contribution in [-0.4, -0.2) is 49.9 Å². The third kappa shape index (κ3) is 41.6. The molecule has 0 aromatic carbocycles. The molecule has 54 heavy (non-hydrogen) atoms. The molecule has 0 bridgehead atoms. The molecule has 9 heteroatoms. The Morgan fingerprint density at radius 2 is 1.04 bits per heavy atom. The van der Waals surface area contributed by atoms with Crippen LogP contribution in [0, 0.1) is 0 Å². The highest BCUT2D eigenvalue weighted by atomic mass is 31.2. The molecule has 0 aliphatic heterocycles. The van der Waals surface area contributed by atoms with Gasteiger partial charge in [0.05, 0.1) is 19.8 Å². The van der Waals surface area contributed by atoms with Crippen molar-refractivity contribution in [1.29, 1.82) is 0 Å². The predicted molar refractivity (Wildman–Crippen MR) is 229 cm³/mol. The van der Waals surface area contributed by atoms with Gasteiger partial charge in [-0.3, -0.25) is 13.8 Å². The highest BCUT2D eigenvalue weighted by Crippen LogP contribution is 2.43. The van der Waals surface area contributed by atoms with Gasteiger partial charge in [-0.05, 0) is 51.4 Å². The number of phosphoric ester groups is 1. The minimum absolute atomic E-state index is 0.0963. The molecule has 2 unspecified atom stereocenters. The maximum Gasteiger partial charge on any atom is 0.472 e. The fraction of sp³-hybridized carbons (Fsp3) is 0.800. The van der Waals surface area contributed by atoms with Crippen molar-refractivity contribution >= 4 is 13.8 Å². The normalized spacial score (nSPS) is 13.9. The SMILES string of the molecule is CC/C=C\C/C=C\C/C=C\C/C=C\CCCCCCCCCCCCC(=O)OC(COCCCCCCCCCCCCCC)COP(=O)(O)OCCN. The number of carbonyl (C=O) groups is 1. The van der Waals surface area contributed by atoms with Gasteiger partial charge in [-0.1, -0.05) is 184 Å². The minimum Gasteiger partial charge on any atom is -0.457 e. The van der Waals surface area contributed by atoms with E-state index in [1.807, 2.05) is 0 Å². The van der Waals surface area contributed by atoms with E-state index in [9.17, 15) is 14.3 Å². The highest BCUT2D eigenvalue weighted by Gasteiger charge is 2.25. The number of carbonyl (C=O) groups excluding carboxylic acids is 1. The Morgan fingerprint density at radius 1 is 0.574 bits per heavy atom. The Labute approximate surface area is 332 Å². The monoisotopic (exact) mass is 782 g/mol. The summed E-state index contributed by atoms with van der Waals surface area (Å²) in [6.07, 6.45) is 49.8. The van der Waals surface area contributed by atoms with E-state index in [2.05, 4.69) is 62.5 Å². The maximum absolute atomic E-state index is 12.6. The average Bonchev–Trinajstić information content (AvgIpc) is 3.16. The molecule has 0 radical (unpaired) electrons. The molecule has 0 aliphatic rings. The number of allylic oxidation sites excluding steroid dienone is 8. The molecule has 0 saturated heterocycles. The zero-order valence-corrected chi connectivity index (χ0v) is 35.8. The van der Waals surface area contributed by atoms with Crippen molar-refractivity contribution in [1.82, 2.24) is 0 Å². The summed E-state index contributed by atoms with van der Waals surface area (Å²) in [5.74, 6) is -0.335. The summed E-state index contributed by atoms with van der Waals surface area (Å²) in [4.78, 5) is 22.5. The fourth-order valence-electron chi connectivity index (χ4n) is 6.05. The molecule has 2 atom stereocenters. The van der Waals surface area contributed by atoms with Gasteiger partial charge in [0.15, 0.2) is 0 Å². The van der Waals surface area contributed by atoms with Crippen LogP contribution in [0.4, 0.5) is 0 Å². The van der Waals surface area contributed by atoms with E-state index in [-0.39, 0.29) is 32.3 Å². The number of nitrogens with two attached hydrogens (primary N) is 1. The number of hydrogen-bond donors (Lipinski definition) is 2. The number of unbranched alkanes of at least 4 members (excludes halogenated alkanes) is 21. The molecule has 0 heterocycles. The summed E-state index contributed by atoms with van der Waals surface area (Å²) in [5.41, 5.74) is 5.37. The largest absolute Gasteiger partial charge is 0.472 e. The van der Waals surface area contributed by atoms with E-state index < -0.39 is 13.9 Å². The van der Waals surface area contributed by atoms with Crippen LogP contribution in [0.15, 0.2) is 48.6 Å². The van der Waals surface area contributed by atoms with Crippen molar-refractivity contribution in [2.45, 2.75) is 200 Å². The lowest BCUT2D eigenvalue weighted by Crippen LogP contribution is -2.28. The lowest BCUT2D eigenvalue weighted by Gasteiger charge is -2.20. The smallest absolute Gasteiger partial charge is 0.457 e. The van der Waals surface area contributed by atoms with E-state index in [1.54, 1.807) is 0 Å². The van der Waals surface area contributed by atoms with Crippen molar-refractivity contribution in [2.24, 2.45) is 5.73 Å². The Morgan fingerprint density at radius 3 is 1.56 bits per heavy atom. The first-order chi connectivity index (χ1) is 26.4. The van der Waals surface area contributed by atoms with Gasteiger partial charge in [0.2, 0.25) is 0 Å². The number of phosphoric acid groups is 1. The zero-order chi connectivity index (χ0) is 39.5. The molecule has 0 rings (SSSR count). The summed E-state index contributed by atoms with van der Waals surface area (Å²) in [6, 6.07) is 0. The van der Waals surface area contributed by atoms with Gasteiger partial charge in [0.25, 0.3) is 0 Å². The third-order valence-corrected chi connectivity index (χ3v) is 10.2. The van der Waals surface area contributed by atoms with Crippen LogP contribution in [0.3, 0.4) is 0 Å². The van der Waals surface area contributed by atoms with Crippen molar-refractivity contribution in [3.8, 4) is 0 Å². The van der Waals surface area contributed by atoms with Crippen molar-refractivity contribution in [3.05, 3.63) is 48.6 Å². The number of ether oxygens (including phenoxy) is 2. The van der Waals surface area contributed by atoms with Gasteiger partial charge in [-0.25, -0.2) is 4.57 Å². The molecular formula is C45H84NO7P. The lowest BCUT2D eigenvalue weighted by atomic mass is 10.0. The molecule has 3 N–H and O–H groups in total. The number of esters is 1. The molecule has 8 nitrogen and oxygen atoms in total. The third-order valence-electron chi connectivity index (χ3n) is 9.26. The van der Waals surface area contributed by atoms with Crippen LogP contribution in [0.2, 0.25) is 0 Å². The van der Waals surface area contributed by atoms with Crippen molar-refractivity contribution in [3.63, 3.8) is 0 Å². The molecule has 0 spiro atoms.